The molecule has 0 aliphatic rings. The van der Waals surface area contributed by atoms with Gasteiger partial charge in [-0.2, -0.15) is 0 Å². The van der Waals surface area contributed by atoms with Crippen molar-refractivity contribution in [3.63, 3.8) is 0 Å². The summed E-state index contributed by atoms with van der Waals surface area (Å²) in [7, 11) is 1.71. The molecule has 0 unspecified atom stereocenters. The fraction of sp³-hybridized carbons (Fsp3) is 1.00. The SMILES string of the molecule is CCCOCCOCCN(CCOC)CCOCCOCCN. The first-order chi connectivity index (χ1) is 11.3. The molecule has 0 atom stereocenters. The average molecular weight is 336 g/mol. The summed E-state index contributed by atoms with van der Waals surface area (Å²) in [6, 6.07) is 0. The van der Waals surface area contributed by atoms with Crippen LogP contribution in [0.4, 0.5) is 0 Å². The van der Waals surface area contributed by atoms with Crippen LogP contribution in [0.25, 0.3) is 0 Å². The number of hydrogen-bond donors (Lipinski definition) is 1. The first-order valence-corrected chi connectivity index (χ1v) is 8.57. The molecular formula is C16H36N2O5. The molecule has 7 nitrogen and oxygen atoms in total. The van der Waals surface area contributed by atoms with Crippen LogP contribution >= 0.6 is 0 Å². The molecular weight excluding hydrogens is 300 g/mol. The van der Waals surface area contributed by atoms with Crippen LogP contribution in [0.2, 0.25) is 0 Å². The molecule has 0 spiro atoms. The summed E-state index contributed by atoms with van der Waals surface area (Å²) in [6.45, 7) is 11.2. The highest BCUT2D eigenvalue weighted by Crippen LogP contribution is 1.91. The largest absolute Gasteiger partial charge is 0.383 e. The number of rotatable bonds is 19. The minimum atomic E-state index is 0.550. The topological polar surface area (TPSA) is 75.4 Å². The zero-order valence-electron chi connectivity index (χ0n) is 15.0. The molecule has 0 amide bonds. The molecule has 0 fully saturated rings. The van der Waals surface area contributed by atoms with E-state index < -0.39 is 0 Å². The number of ether oxygens (including phenoxy) is 5. The fourth-order valence-electron chi connectivity index (χ4n) is 1.81. The van der Waals surface area contributed by atoms with Crippen molar-refractivity contribution in [1.82, 2.24) is 4.90 Å². The minimum Gasteiger partial charge on any atom is -0.383 e. The third-order valence-electron chi connectivity index (χ3n) is 3.07. The molecule has 0 aliphatic heterocycles. The number of nitrogens with two attached hydrogens (primary N) is 1. The lowest BCUT2D eigenvalue weighted by Crippen LogP contribution is -2.34. The van der Waals surface area contributed by atoms with Gasteiger partial charge in [-0.1, -0.05) is 6.92 Å². The maximum atomic E-state index is 5.58. The molecule has 23 heavy (non-hydrogen) atoms. The maximum absolute atomic E-state index is 5.58. The monoisotopic (exact) mass is 336 g/mol. The van der Waals surface area contributed by atoms with E-state index in [1.54, 1.807) is 7.11 Å². The van der Waals surface area contributed by atoms with Crippen LogP contribution in [0.1, 0.15) is 13.3 Å². The standard InChI is InChI=1S/C16H36N2O5/c1-3-8-20-13-15-22-11-6-18(5-10-19-2)7-12-23-16-14-21-9-4-17/h3-17H2,1-2H3. The van der Waals surface area contributed by atoms with Gasteiger partial charge >= 0.3 is 0 Å². The van der Waals surface area contributed by atoms with E-state index in [0.29, 0.717) is 59.4 Å². The summed E-state index contributed by atoms with van der Waals surface area (Å²) in [5.74, 6) is 0. The molecule has 0 aliphatic carbocycles. The highest BCUT2D eigenvalue weighted by atomic mass is 16.5. The second-order valence-electron chi connectivity index (χ2n) is 5.07. The van der Waals surface area contributed by atoms with Crippen molar-refractivity contribution in [1.29, 1.82) is 0 Å². The molecule has 7 heteroatoms. The van der Waals surface area contributed by atoms with Gasteiger partial charge in [-0.25, -0.2) is 0 Å². The Morgan fingerprint density at radius 1 is 0.652 bits per heavy atom. The smallest absolute Gasteiger partial charge is 0.0701 e. The highest BCUT2D eigenvalue weighted by molar-refractivity contribution is 4.57. The molecule has 0 saturated heterocycles. The molecule has 2 N–H and O–H groups in total. The molecule has 0 aromatic heterocycles. The van der Waals surface area contributed by atoms with Gasteiger partial charge in [0.25, 0.3) is 0 Å². The summed E-state index contributed by atoms with van der Waals surface area (Å²) < 4.78 is 26.9. The summed E-state index contributed by atoms with van der Waals surface area (Å²) in [4.78, 5) is 2.27. The Morgan fingerprint density at radius 3 is 1.61 bits per heavy atom. The summed E-state index contributed by atoms with van der Waals surface area (Å²) in [5.41, 5.74) is 5.34. The van der Waals surface area contributed by atoms with Gasteiger partial charge in [0.15, 0.2) is 0 Å². The van der Waals surface area contributed by atoms with E-state index in [-0.39, 0.29) is 0 Å². The molecule has 0 rings (SSSR count). The van der Waals surface area contributed by atoms with E-state index in [4.69, 9.17) is 29.4 Å². The summed E-state index contributed by atoms with van der Waals surface area (Å²) in [6.07, 6.45) is 1.04. The van der Waals surface area contributed by atoms with Gasteiger partial charge in [0.1, 0.15) is 0 Å². The Hall–Kier alpha value is -0.280. The van der Waals surface area contributed by atoms with Crippen molar-refractivity contribution in [2.24, 2.45) is 5.73 Å². The van der Waals surface area contributed by atoms with Crippen molar-refractivity contribution >= 4 is 0 Å². The Labute approximate surface area is 141 Å². The predicted octanol–water partition coefficient (Wildman–Crippen LogP) is 0.370. The van der Waals surface area contributed by atoms with Crippen molar-refractivity contribution < 1.29 is 23.7 Å². The van der Waals surface area contributed by atoms with Crippen LogP contribution in [-0.4, -0.2) is 97.7 Å². The Morgan fingerprint density at radius 2 is 1.13 bits per heavy atom. The van der Waals surface area contributed by atoms with E-state index in [1.165, 1.54) is 0 Å². The molecule has 140 valence electrons. The quantitative estimate of drug-likeness (QED) is 0.342. The molecule has 0 saturated carbocycles. The van der Waals surface area contributed by atoms with Gasteiger partial charge in [0.2, 0.25) is 0 Å². The van der Waals surface area contributed by atoms with Gasteiger partial charge in [0, 0.05) is 39.9 Å². The first kappa shape index (κ1) is 22.7. The molecule has 0 aromatic carbocycles. The number of hydrogen-bond acceptors (Lipinski definition) is 7. The Bertz CT molecular complexity index is 205. The lowest BCUT2D eigenvalue weighted by atomic mass is 10.4. The van der Waals surface area contributed by atoms with Crippen LogP contribution < -0.4 is 5.73 Å². The van der Waals surface area contributed by atoms with Crippen molar-refractivity contribution in [2.45, 2.75) is 13.3 Å². The second-order valence-corrected chi connectivity index (χ2v) is 5.07. The van der Waals surface area contributed by atoms with E-state index >= 15 is 0 Å². The number of methoxy groups -OCH3 is 1. The van der Waals surface area contributed by atoms with Gasteiger partial charge < -0.3 is 29.4 Å². The van der Waals surface area contributed by atoms with Crippen molar-refractivity contribution in [3.8, 4) is 0 Å². The lowest BCUT2D eigenvalue weighted by molar-refractivity contribution is 0.0206. The predicted molar refractivity (Wildman–Crippen MR) is 90.9 cm³/mol. The fourth-order valence-corrected chi connectivity index (χ4v) is 1.81. The van der Waals surface area contributed by atoms with Gasteiger partial charge in [-0.3, -0.25) is 4.90 Å². The normalized spacial score (nSPS) is 11.5. The van der Waals surface area contributed by atoms with Crippen molar-refractivity contribution in [3.05, 3.63) is 0 Å². The van der Waals surface area contributed by atoms with E-state index in [1.807, 2.05) is 0 Å². The zero-order chi connectivity index (χ0) is 17.0. The second kappa shape index (κ2) is 19.8. The van der Waals surface area contributed by atoms with Crippen LogP contribution in [0.15, 0.2) is 0 Å². The van der Waals surface area contributed by atoms with Gasteiger partial charge in [-0.15, -0.1) is 0 Å². The number of nitrogens with zero attached hydrogens (tertiary/aromatic N) is 1. The highest BCUT2D eigenvalue weighted by Gasteiger charge is 2.04. The average Bonchev–Trinajstić information content (AvgIpc) is 2.57. The van der Waals surface area contributed by atoms with Gasteiger partial charge in [0.05, 0.1) is 52.9 Å². The van der Waals surface area contributed by atoms with E-state index in [9.17, 15) is 0 Å². The van der Waals surface area contributed by atoms with Crippen molar-refractivity contribution in [2.75, 3.05) is 92.8 Å². The van der Waals surface area contributed by atoms with Crippen LogP contribution in [-0.2, 0) is 23.7 Å². The Balaban J connectivity index is 3.56. The molecule has 0 radical (unpaired) electrons. The molecule has 0 aromatic rings. The Kier molecular flexibility index (Phi) is 19.5. The summed E-state index contributed by atoms with van der Waals surface area (Å²) in [5, 5.41) is 0. The van der Waals surface area contributed by atoms with E-state index in [0.717, 1.165) is 32.7 Å². The minimum absolute atomic E-state index is 0.550. The van der Waals surface area contributed by atoms with Crippen LogP contribution in [0, 0.1) is 0 Å². The molecule has 0 heterocycles. The molecule has 0 bridgehead atoms. The summed E-state index contributed by atoms with van der Waals surface area (Å²) >= 11 is 0. The third-order valence-corrected chi connectivity index (χ3v) is 3.07. The third kappa shape index (κ3) is 17.9. The zero-order valence-corrected chi connectivity index (χ0v) is 15.0. The first-order valence-electron chi connectivity index (χ1n) is 8.57. The van der Waals surface area contributed by atoms with E-state index in [2.05, 4.69) is 11.8 Å². The maximum Gasteiger partial charge on any atom is 0.0701 e. The van der Waals surface area contributed by atoms with Crippen LogP contribution in [0.5, 0.6) is 0 Å². The van der Waals surface area contributed by atoms with Crippen LogP contribution in [0.3, 0.4) is 0 Å². The van der Waals surface area contributed by atoms with Gasteiger partial charge in [-0.05, 0) is 6.42 Å². The lowest BCUT2D eigenvalue weighted by Gasteiger charge is -2.21.